The van der Waals surface area contributed by atoms with Crippen molar-refractivity contribution in [3.05, 3.63) is 30.0 Å². The quantitative estimate of drug-likeness (QED) is 0.724. The Kier molecular flexibility index (Phi) is 1.80. The molecular formula is C9H10N2O. The third kappa shape index (κ3) is 1.19. The smallest absolute Gasteiger partial charge is 0.131 e. The Labute approximate surface area is 70.1 Å². The Morgan fingerprint density at radius 2 is 2.33 bits per heavy atom. The molecule has 2 aromatic rings. The van der Waals surface area contributed by atoms with Gasteiger partial charge in [-0.1, -0.05) is 11.2 Å². The van der Waals surface area contributed by atoms with Crippen molar-refractivity contribution in [1.29, 1.82) is 0 Å². The van der Waals surface area contributed by atoms with Crippen LogP contribution in [0.25, 0.3) is 10.9 Å². The first-order chi connectivity index (χ1) is 5.90. The van der Waals surface area contributed by atoms with Crippen LogP contribution in [0, 0.1) is 0 Å². The molecule has 1 aromatic carbocycles. The Morgan fingerprint density at radius 1 is 1.42 bits per heavy atom. The number of fused-ring (bicyclic) bond motifs is 1. The average molecular weight is 162 g/mol. The van der Waals surface area contributed by atoms with Crippen molar-refractivity contribution in [2.24, 2.45) is 5.73 Å². The third-order valence-electron chi connectivity index (χ3n) is 1.86. The molecule has 0 aliphatic heterocycles. The summed E-state index contributed by atoms with van der Waals surface area (Å²) in [6.07, 6.45) is 2.53. The molecule has 0 fully saturated rings. The highest BCUT2D eigenvalue weighted by molar-refractivity contribution is 5.77. The molecule has 2 rings (SSSR count). The van der Waals surface area contributed by atoms with Crippen LogP contribution in [-0.2, 0) is 6.42 Å². The van der Waals surface area contributed by atoms with Gasteiger partial charge in [0.15, 0.2) is 0 Å². The van der Waals surface area contributed by atoms with Gasteiger partial charge in [-0.3, -0.25) is 0 Å². The molecular weight excluding hydrogens is 152 g/mol. The maximum atomic E-state index is 5.44. The lowest BCUT2D eigenvalue weighted by atomic mass is 10.1. The van der Waals surface area contributed by atoms with Gasteiger partial charge in [0.25, 0.3) is 0 Å². The Balaban J connectivity index is 2.46. The van der Waals surface area contributed by atoms with Gasteiger partial charge in [0.05, 0.1) is 0 Å². The first kappa shape index (κ1) is 7.31. The summed E-state index contributed by atoms with van der Waals surface area (Å²) in [6, 6.07) is 6.05. The normalized spacial score (nSPS) is 10.8. The second-order valence-corrected chi connectivity index (χ2v) is 2.75. The summed E-state index contributed by atoms with van der Waals surface area (Å²) in [6.45, 7) is 0.670. The molecule has 62 valence electrons. The Bertz CT molecular complexity index is 381. The van der Waals surface area contributed by atoms with Gasteiger partial charge in [-0.25, -0.2) is 0 Å². The van der Waals surface area contributed by atoms with Gasteiger partial charge in [0.1, 0.15) is 11.8 Å². The molecule has 0 saturated heterocycles. The summed E-state index contributed by atoms with van der Waals surface area (Å²) in [7, 11) is 0. The number of hydrogen-bond donors (Lipinski definition) is 1. The van der Waals surface area contributed by atoms with Crippen molar-refractivity contribution in [2.45, 2.75) is 6.42 Å². The monoisotopic (exact) mass is 162 g/mol. The van der Waals surface area contributed by atoms with Crippen LogP contribution in [0.5, 0.6) is 0 Å². The molecule has 1 aromatic heterocycles. The maximum Gasteiger partial charge on any atom is 0.131 e. The van der Waals surface area contributed by atoms with E-state index in [1.807, 2.05) is 18.2 Å². The number of hydrogen-bond acceptors (Lipinski definition) is 3. The van der Waals surface area contributed by atoms with Crippen LogP contribution in [0.4, 0.5) is 0 Å². The van der Waals surface area contributed by atoms with E-state index in [1.54, 1.807) is 6.26 Å². The van der Waals surface area contributed by atoms with E-state index >= 15 is 0 Å². The molecule has 1 heterocycles. The van der Waals surface area contributed by atoms with Gasteiger partial charge in [-0.05, 0) is 30.7 Å². The molecule has 3 nitrogen and oxygen atoms in total. The van der Waals surface area contributed by atoms with E-state index in [0.29, 0.717) is 6.54 Å². The molecule has 0 unspecified atom stereocenters. The third-order valence-corrected chi connectivity index (χ3v) is 1.86. The van der Waals surface area contributed by atoms with Crippen molar-refractivity contribution in [1.82, 2.24) is 5.16 Å². The number of benzene rings is 1. The molecule has 2 N–H and O–H groups in total. The van der Waals surface area contributed by atoms with Gasteiger partial charge in [-0.15, -0.1) is 0 Å². The highest BCUT2D eigenvalue weighted by Crippen LogP contribution is 2.13. The Hall–Kier alpha value is -1.35. The van der Waals surface area contributed by atoms with Gasteiger partial charge in [0.2, 0.25) is 0 Å². The standard InChI is InChI=1S/C9H10N2O/c10-4-3-7-1-2-8-6-12-11-9(8)5-7/h1-2,5-6H,3-4,10H2. The van der Waals surface area contributed by atoms with Crippen molar-refractivity contribution >= 4 is 10.9 Å². The van der Waals surface area contributed by atoms with E-state index in [9.17, 15) is 0 Å². The number of rotatable bonds is 2. The van der Waals surface area contributed by atoms with Crippen LogP contribution in [-0.4, -0.2) is 11.7 Å². The predicted molar refractivity (Wildman–Crippen MR) is 46.8 cm³/mol. The van der Waals surface area contributed by atoms with Gasteiger partial charge in [0, 0.05) is 5.39 Å². The fourth-order valence-electron chi connectivity index (χ4n) is 1.23. The molecule has 0 bridgehead atoms. The highest BCUT2D eigenvalue weighted by atomic mass is 16.5. The minimum Gasteiger partial charge on any atom is -0.364 e. The lowest BCUT2D eigenvalue weighted by Crippen LogP contribution is -2.02. The van der Waals surface area contributed by atoms with E-state index in [1.165, 1.54) is 5.56 Å². The summed E-state index contributed by atoms with van der Waals surface area (Å²) >= 11 is 0. The molecule has 0 amide bonds. The number of nitrogens with two attached hydrogens (primary N) is 1. The van der Waals surface area contributed by atoms with Crippen LogP contribution in [0.1, 0.15) is 5.56 Å². The van der Waals surface area contributed by atoms with Crippen LogP contribution in [0.3, 0.4) is 0 Å². The van der Waals surface area contributed by atoms with E-state index in [0.717, 1.165) is 17.3 Å². The zero-order valence-electron chi connectivity index (χ0n) is 6.66. The minimum absolute atomic E-state index is 0.670. The lowest BCUT2D eigenvalue weighted by Gasteiger charge is -1.95. The zero-order chi connectivity index (χ0) is 8.39. The minimum atomic E-state index is 0.670. The summed E-state index contributed by atoms with van der Waals surface area (Å²) in [5, 5.41) is 4.88. The van der Waals surface area contributed by atoms with Crippen LogP contribution < -0.4 is 5.73 Å². The average Bonchev–Trinajstić information content (AvgIpc) is 2.51. The largest absolute Gasteiger partial charge is 0.364 e. The lowest BCUT2D eigenvalue weighted by molar-refractivity contribution is 0.428. The molecule has 0 spiro atoms. The van der Waals surface area contributed by atoms with Gasteiger partial charge >= 0.3 is 0 Å². The molecule has 12 heavy (non-hydrogen) atoms. The summed E-state index contributed by atoms with van der Waals surface area (Å²) in [4.78, 5) is 0. The van der Waals surface area contributed by atoms with E-state index in [2.05, 4.69) is 5.16 Å². The molecule has 0 saturated carbocycles. The topological polar surface area (TPSA) is 52.0 Å². The van der Waals surface area contributed by atoms with Crippen LogP contribution in [0.2, 0.25) is 0 Å². The van der Waals surface area contributed by atoms with E-state index in [-0.39, 0.29) is 0 Å². The Morgan fingerprint density at radius 3 is 3.17 bits per heavy atom. The second-order valence-electron chi connectivity index (χ2n) is 2.75. The first-order valence-corrected chi connectivity index (χ1v) is 3.93. The summed E-state index contributed by atoms with van der Waals surface area (Å²) in [5.74, 6) is 0. The van der Waals surface area contributed by atoms with Crippen molar-refractivity contribution < 1.29 is 4.52 Å². The van der Waals surface area contributed by atoms with Gasteiger partial charge < -0.3 is 10.3 Å². The SMILES string of the molecule is NCCc1ccc2conc2c1. The molecule has 0 aliphatic carbocycles. The van der Waals surface area contributed by atoms with Crippen molar-refractivity contribution in [3.8, 4) is 0 Å². The van der Waals surface area contributed by atoms with E-state index < -0.39 is 0 Å². The second kappa shape index (κ2) is 2.95. The number of nitrogens with zero attached hydrogens (tertiary/aromatic N) is 1. The van der Waals surface area contributed by atoms with Crippen molar-refractivity contribution in [3.63, 3.8) is 0 Å². The molecule has 0 radical (unpaired) electrons. The summed E-state index contributed by atoms with van der Waals surface area (Å²) in [5.41, 5.74) is 7.55. The predicted octanol–water partition coefficient (Wildman–Crippen LogP) is 1.33. The van der Waals surface area contributed by atoms with Gasteiger partial charge in [-0.2, -0.15) is 0 Å². The highest BCUT2D eigenvalue weighted by Gasteiger charge is 1.98. The first-order valence-electron chi connectivity index (χ1n) is 3.93. The van der Waals surface area contributed by atoms with Crippen LogP contribution >= 0.6 is 0 Å². The fraction of sp³-hybridized carbons (Fsp3) is 0.222. The number of aromatic nitrogens is 1. The maximum absolute atomic E-state index is 5.44. The van der Waals surface area contributed by atoms with Crippen molar-refractivity contribution in [2.75, 3.05) is 6.54 Å². The zero-order valence-corrected chi connectivity index (χ0v) is 6.66. The molecule has 0 aliphatic rings. The summed E-state index contributed by atoms with van der Waals surface area (Å²) < 4.78 is 4.82. The van der Waals surface area contributed by atoms with E-state index in [4.69, 9.17) is 10.3 Å². The van der Waals surface area contributed by atoms with Crippen LogP contribution in [0.15, 0.2) is 29.0 Å². The fourth-order valence-corrected chi connectivity index (χ4v) is 1.23. The molecule has 0 atom stereocenters. The molecule has 3 heteroatoms.